The molecule has 0 radical (unpaired) electrons. The van der Waals surface area contributed by atoms with Crippen molar-refractivity contribution in [2.24, 2.45) is 0 Å². The molecule has 0 unspecified atom stereocenters. The third kappa shape index (κ3) is 2.88. The van der Waals surface area contributed by atoms with Crippen molar-refractivity contribution >= 4 is 10.0 Å². The summed E-state index contributed by atoms with van der Waals surface area (Å²) in [6.45, 7) is 0.109. The molecule has 0 aliphatic carbocycles. The maximum Gasteiger partial charge on any atom is 0.248 e. The zero-order chi connectivity index (χ0) is 13.9. The molecule has 2 rings (SSSR count). The van der Waals surface area contributed by atoms with Crippen LogP contribution in [-0.4, -0.2) is 29.7 Å². The standard InChI is InChI=1S/C12H13N3O3S/c1-15(9-10-4-2-3-6-14-10)19(17,18)12-8-13-7-5-11(12)16/h2-8H,9H2,1H3,(H,13,16). The molecule has 0 atom stereocenters. The topological polar surface area (TPSA) is 83.1 Å². The molecule has 19 heavy (non-hydrogen) atoms. The zero-order valence-electron chi connectivity index (χ0n) is 10.3. The molecule has 2 aromatic rings. The Morgan fingerprint density at radius 1 is 1.32 bits per heavy atom. The van der Waals surface area contributed by atoms with E-state index in [1.54, 1.807) is 24.4 Å². The van der Waals surface area contributed by atoms with E-state index < -0.39 is 15.5 Å². The molecule has 1 N–H and O–H groups in total. The van der Waals surface area contributed by atoms with Crippen LogP contribution in [0.15, 0.2) is 52.5 Å². The highest BCUT2D eigenvalue weighted by molar-refractivity contribution is 7.89. The SMILES string of the molecule is CN(Cc1ccccn1)S(=O)(=O)c1c[nH]ccc1=O. The average Bonchev–Trinajstić information content (AvgIpc) is 2.40. The first-order valence-electron chi connectivity index (χ1n) is 5.55. The van der Waals surface area contributed by atoms with Crippen LogP contribution in [0.3, 0.4) is 0 Å². The van der Waals surface area contributed by atoms with Gasteiger partial charge in [-0.05, 0) is 12.1 Å². The number of pyridine rings is 2. The van der Waals surface area contributed by atoms with Gasteiger partial charge in [0.05, 0.1) is 12.2 Å². The van der Waals surface area contributed by atoms with E-state index in [1.165, 1.54) is 25.5 Å². The van der Waals surface area contributed by atoms with E-state index in [-0.39, 0.29) is 11.4 Å². The van der Waals surface area contributed by atoms with Gasteiger partial charge in [-0.2, -0.15) is 4.31 Å². The molecular formula is C12H13N3O3S. The number of aromatic amines is 1. The minimum atomic E-state index is -3.82. The molecule has 0 aliphatic rings. The predicted molar refractivity (Wildman–Crippen MR) is 70.0 cm³/mol. The molecule has 6 nitrogen and oxygen atoms in total. The summed E-state index contributed by atoms with van der Waals surface area (Å²) >= 11 is 0. The van der Waals surface area contributed by atoms with E-state index in [4.69, 9.17) is 0 Å². The summed E-state index contributed by atoms with van der Waals surface area (Å²) in [5, 5.41) is 0. The summed E-state index contributed by atoms with van der Waals surface area (Å²) in [5.74, 6) is 0. The van der Waals surface area contributed by atoms with Crippen LogP contribution < -0.4 is 5.43 Å². The number of H-pyrrole nitrogens is 1. The fraction of sp³-hybridized carbons (Fsp3) is 0.167. The van der Waals surface area contributed by atoms with Crippen LogP contribution in [0.25, 0.3) is 0 Å². The predicted octanol–water partition coefficient (Wildman–Crippen LogP) is 0.591. The first kappa shape index (κ1) is 13.4. The highest BCUT2D eigenvalue weighted by Gasteiger charge is 2.23. The van der Waals surface area contributed by atoms with Crippen molar-refractivity contribution in [2.75, 3.05) is 7.05 Å². The third-order valence-corrected chi connectivity index (χ3v) is 4.41. The van der Waals surface area contributed by atoms with Gasteiger partial charge < -0.3 is 4.98 Å². The molecule has 0 bridgehead atoms. The summed E-state index contributed by atoms with van der Waals surface area (Å²) in [7, 11) is -2.41. The van der Waals surface area contributed by atoms with Crippen molar-refractivity contribution in [3.05, 3.63) is 58.8 Å². The molecule has 7 heteroatoms. The average molecular weight is 279 g/mol. The second kappa shape index (κ2) is 5.33. The van der Waals surface area contributed by atoms with Crippen molar-refractivity contribution in [2.45, 2.75) is 11.4 Å². The Morgan fingerprint density at radius 2 is 2.11 bits per heavy atom. The highest BCUT2D eigenvalue weighted by Crippen LogP contribution is 2.11. The molecule has 2 heterocycles. The number of hydrogen-bond donors (Lipinski definition) is 1. The van der Waals surface area contributed by atoms with E-state index in [2.05, 4.69) is 9.97 Å². The van der Waals surface area contributed by atoms with Crippen LogP contribution in [0.5, 0.6) is 0 Å². The highest BCUT2D eigenvalue weighted by atomic mass is 32.2. The number of aromatic nitrogens is 2. The first-order valence-corrected chi connectivity index (χ1v) is 6.99. The molecule has 0 aromatic carbocycles. The Hall–Kier alpha value is -1.99. The molecule has 0 amide bonds. The minimum Gasteiger partial charge on any atom is -0.366 e. The summed E-state index contributed by atoms with van der Waals surface area (Å²) in [6, 6.07) is 6.43. The van der Waals surface area contributed by atoms with Gasteiger partial charge >= 0.3 is 0 Å². The molecule has 0 saturated carbocycles. The number of rotatable bonds is 4. The van der Waals surface area contributed by atoms with Crippen molar-refractivity contribution in [3.63, 3.8) is 0 Å². The van der Waals surface area contributed by atoms with Crippen molar-refractivity contribution < 1.29 is 8.42 Å². The maximum absolute atomic E-state index is 12.2. The second-order valence-corrected chi connectivity index (χ2v) is 5.97. The zero-order valence-corrected chi connectivity index (χ0v) is 11.1. The van der Waals surface area contributed by atoms with Crippen LogP contribution in [0.4, 0.5) is 0 Å². The van der Waals surface area contributed by atoms with Gasteiger partial charge in [-0.25, -0.2) is 8.42 Å². The smallest absolute Gasteiger partial charge is 0.248 e. The largest absolute Gasteiger partial charge is 0.366 e. The fourth-order valence-corrected chi connectivity index (χ4v) is 2.75. The van der Waals surface area contributed by atoms with Gasteiger partial charge in [0.25, 0.3) is 0 Å². The van der Waals surface area contributed by atoms with E-state index in [0.717, 1.165) is 4.31 Å². The van der Waals surface area contributed by atoms with Gasteiger partial charge in [0, 0.05) is 31.7 Å². The van der Waals surface area contributed by atoms with E-state index in [0.29, 0.717) is 5.69 Å². The van der Waals surface area contributed by atoms with Crippen LogP contribution in [0.1, 0.15) is 5.69 Å². The number of hydrogen-bond acceptors (Lipinski definition) is 4. The Labute approximate surface area is 110 Å². The number of nitrogens with one attached hydrogen (secondary N) is 1. The van der Waals surface area contributed by atoms with Gasteiger partial charge in [-0.15, -0.1) is 0 Å². The lowest BCUT2D eigenvalue weighted by Crippen LogP contribution is -2.30. The molecule has 0 fully saturated rings. The van der Waals surface area contributed by atoms with E-state index >= 15 is 0 Å². The first-order chi connectivity index (χ1) is 9.01. The van der Waals surface area contributed by atoms with Crippen LogP contribution in [-0.2, 0) is 16.6 Å². The Kier molecular flexibility index (Phi) is 3.77. The fourth-order valence-electron chi connectivity index (χ4n) is 1.58. The molecule has 2 aromatic heterocycles. The monoisotopic (exact) mass is 279 g/mol. The van der Waals surface area contributed by atoms with Crippen molar-refractivity contribution in [1.82, 2.24) is 14.3 Å². The van der Waals surface area contributed by atoms with E-state index in [9.17, 15) is 13.2 Å². The Bertz CT molecular complexity index is 710. The lowest BCUT2D eigenvalue weighted by atomic mass is 10.3. The van der Waals surface area contributed by atoms with Gasteiger partial charge in [0.1, 0.15) is 4.90 Å². The van der Waals surface area contributed by atoms with Crippen LogP contribution in [0, 0.1) is 0 Å². The normalized spacial score (nSPS) is 11.7. The van der Waals surface area contributed by atoms with Gasteiger partial charge in [-0.3, -0.25) is 9.78 Å². The number of nitrogens with zero attached hydrogens (tertiary/aromatic N) is 2. The van der Waals surface area contributed by atoms with E-state index in [1.807, 2.05) is 0 Å². The maximum atomic E-state index is 12.2. The number of sulfonamides is 1. The minimum absolute atomic E-state index is 0.109. The Balaban J connectivity index is 2.31. The quantitative estimate of drug-likeness (QED) is 0.888. The van der Waals surface area contributed by atoms with Gasteiger partial charge in [0.2, 0.25) is 15.5 Å². The van der Waals surface area contributed by atoms with Gasteiger partial charge in [-0.1, -0.05) is 6.07 Å². The van der Waals surface area contributed by atoms with Crippen molar-refractivity contribution in [3.8, 4) is 0 Å². The molecular weight excluding hydrogens is 266 g/mol. The lowest BCUT2D eigenvalue weighted by molar-refractivity contribution is 0.461. The molecule has 0 spiro atoms. The van der Waals surface area contributed by atoms with Crippen LogP contribution in [0.2, 0.25) is 0 Å². The summed E-state index contributed by atoms with van der Waals surface area (Å²) in [4.78, 5) is 18.0. The van der Waals surface area contributed by atoms with Gasteiger partial charge in [0.15, 0.2) is 0 Å². The summed E-state index contributed by atoms with van der Waals surface area (Å²) in [5.41, 5.74) is 0.0764. The van der Waals surface area contributed by atoms with Crippen LogP contribution >= 0.6 is 0 Å². The summed E-state index contributed by atoms with van der Waals surface area (Å²) < 4.78 is 25.6. The van der Waals surface area contributed by atoms with Crippen molar-refractivity contribution in [1.29, 1.82) is 0 Å². The molecule has 0 saturated heterocycles. The Morgan fingerprint density at radius 3 is 2.74 bits per heavy atom. The third-order valence-electron chi connectivity index (χ3n) is 2.59. The lowest BCUT2D eigenvalue weighted by Gasteiger charge is -2.15. The molecule has 100 valence electrons. The molecule has 0 aliphatic heterocycles. The second-order valence-electron chi connectivity index (χ2n) is 3.95. The summed E-state index contributed by atoms with van der Waals surface area (Å²) in [6.07, 6.45) is 4.16.